The third kappa shape index (κ3) is 3.16. The lowest BCUT2D eigenvalue weighted by atomic mass is 10.1. The van der Waals surface area contributed by atoms with E-state index in [0.29, 0.717) is 0 Å². The number of hydrogen-bond donors (Lipinski definition) is 0. The molecule has 0 aromatic heterocycles. The van der Waals surface area contributed by atoms with Crippen LogP contribution in [0.5, 0.6) is 11.5 Å². The summed E-state index contributed by atoms with van der Waals surface area (Å²) in [6, 6.07) is 28.7. The first-order chi connectivity index (χ1) is 12.3. The molecule has 0 saturated heterocycles. The summed E-state index contributed by atoms with van der Waals surface area (Å²) in [5.41, 5.74) is 0. The summed E-state index contributed by atoms with van der Waals surface area (Å²) in [5.74, 6) is 1.70. The molecule has 0 amide bonds. The first-order valence-corrected chi connectivity index (χ1v) is 8.64. The van der Waals surface area contributed by atoms with Crippen LogP contribution in [0.2, 0.25) is 0 Å². The van der Waals surface area contributed by atoms with Crippen molar-refractivity contribution >= 4 is 21.5 Å². The van der Waals surface area contributed by atoms with E-state index in [1.165, 1.54) is 10.8 Å². The molecule has 0 aliphatic rings. The van der Waals surface area contributed by atoms with Crippen LogP contribution in [0.4, 0.5) is 0 Å². The van der Waals surface area contributed by atoms with E-state index >= 15 is 0 Å². The standard InChI is InChI=1S/C23H20O2/c1-2-23(24-21-15-7-11-17-9-3-5-13-19(17)21)25-22-16-8-12-18-10-4-6-14-20(18)22/h3-16,23H,2H2,1H3. The summed E-state index contributed by atoms with van der Waals surface area (Å²) < 4.78 is 12.4. The van der Waals surface area contributed by atoms with Gasteiger partial charge in [0.2, 0.25) is 6.29 Å². The van der Waals surface area contributed by atoms with Crippen LogP contribution in [-0.4, -0.2) is 6.29 Å². The molecule has 2 heteroatoms. The molecule has 4 aromatic rings. The van der Waals surface area contributed by atoms with Gasteiger partial charge in [0.25, 0.3) is 0 Å². The average Bonchev–Trinajstić information content (AvgIpc) is 2.68. The van der Waals surface area contributed by atoms with Gasteiger partial charge in [-0.25, -0.2) is 0 Å². The topological polar surface area (TPSA) is 18.5 Å². The molecule has 0 bridgehead atoms. The van der Waals surface area contributed by atoms with Crippen molar-refractivity contribution in [2.24, 2.45) is 0 Å². The minimum Gasteiger partial charge on any atom is -0.454 e. The molecule has 0 radical (unpaired) electrons. The Morgan fingerprint density at radius 2 is 1.04 bits per heavy atom. The first-order valence-electron chi connectivity index (χ1n) is 8.64. The molecular weight excluding hydrogens is 308 g/mol. The van der Waals surface area contributed by atoms with Crippen LogP contribution in [0, 0.1) is 0 Å². The minimum atomic E-state index is -0.336. The van der Waals surface area contributed by atoms with Crippen molar-refractivity contribution in [2.75, 3.05) is 0 Å². The van der Waals surface area contributed by atoms with E-state index in [9.17, 15) is 0 Å². The van der Waals surface area contributed by atoms with Gasteiger partial charge in [0, 0.05) is 17.2 Å². The van der Waals surface area contributed by atoms with E-state index in [-0.39, 0.29) is 6.29 Å². The highest BCUT2D eigenvalue weighted by atomic mass is 16.7. The molecule has 0 heterocycles. The Balaban J connectivity index is 1.64. The maximum atomic E-state index is 6.21. The van der Waals surface area contributed by atoms with Crippen LogP contribution in [0.25, 0.3) is 21.5 Å². The molecule has 0 fully saturated rings. The molecule has 4 rings (SSSR count). The average molecular weight is 328 g/mol. The van der Waals surface area contributed by atoms with E-state index in [1.807, 2.05) is 48.5 Å². The van der Waals surface area contributed by atoms with Gasteiger partial charge in [-0.1, -0.05) is 79.7 Å². The van der Waals surface area contributed by atoms with Crippen molar-refractivity contribution in [3.05, 3.63) is 84.9 Å². The van der Waals surface area contributed by atoms with Crippen molar-refractivity contribution in [3.8, 4) is 11.5 Å². The van der Waals surface area contributed by atoms with Crippen LogP contribution in [-0.2, 0) is 0 Å². The molecule has 0 N–H and O–H groups in total. The Bertz CT molecular complexity index is 915. The van der Waals surface area contributed by atoms with Gasteiger partial charge in [0.05, 0.1) is 0 Å². The first kappa shape index (κ1) is 15.5. The van der Waals surface area contributed by atoms with Crippen molar-refractivity contribution in [3.63, 3.8) is 0 Å². The smallest absolute Gasteiger partial charge is 0.240 e. The monoisotopic (exact) mass is 328 g/mol. The molecule has 0 spiro atoms. The third-order valence-electron chi connectivity index (χ3n) is 4.35. The van der Waals surface area contributed by atoms with Gasteiger partial charge in [0.15, 0.2) is 0 Å². The number of rotatable bonds is 5. The van der Waals surface area contributed by atoms with Crippen LogP contribution >= 0.6 is 0 Å². The van der Waals surface area contributed by atoms with E-state index in [4.69, 9.17) is 9.47 Å². The predicted octanol–water partition coefficient (Wildman–Crippen LogP) is 6.19. The maximum Gasteiger partial charge on any atom is 0.240 e. The van der Waals surface area contributed by atoms with E-state index in [1.54, 1.807) is 0 Å². The summed E-state index contributed by atoms with van der Waals surface area (Å²) in [6.07, 6.45) is 0.420. The largest absolute Gasteiger partial charge is 0.454 e. The Morgan fingerprint density at radius 3 is 1.52 bits per heavy atom. The minimum absolute atomic E-state index is 0.336. The van der Waals surface area contributed by atoms with E-state index < -0.39 is 0 Å². The van der Waals surface area contributed by atoms with E-state index in [2.05, 4.69) is 43.3 Å². The summed E-state index contributed by atoms with van der Waals surface area (Å²) in [7, 11) is 0. The fourth-order valence-electron chi connectivity index (χ4n) is 3.07. The third-order valence-corrected chi connectivity index (χ3v) is 4.35. The normalized spacial score (nSPS) is 11.1. The van der Waals surface area contributed by atoms with E-state index in [0.717, 1.165) is 28.7 Å². The van der Waals surface area contributed by atoms with Gasteiger partial charge in [-0.15, -0.1) is 0 Å². The molecule has 0 atom stereocenters. The predicted molar refractivity (Wildman–Crippen MR) is 103 cm³/mol. The van der Waals surface area contributed by atoms with Gasteiger partial charge in [-0.3, -0.25) is 0 Å². The van der Waals surface area contributed by atoms with Crippen molar-refractivity contribution in [1.29, 1.82) is 0 Å². The molecule has 0 unspecified atom stereocenters. The Kier molecular flexibility index (Phi) is 4.26. The zero-order chi connectivity index (χ0) is 17.1. The summed E-state index contributed by atoms with van der Waals surface area (Å²) >= 11 is 0. The lowest BCUT2D eigenvalue weighted by molar-refractivity contribution is 0.00566. The highest BCUT2D eigenvalue weighted by molar-refractivity contribution is 5.89. The number of benzene rings is 4. The quantitative estimate of drug-likeness (QED) is 0.407. The second-order valence-electron chi connectivity index (χ2n) is 6.03. The molecule has 0 aliphatic carbocycles. The molecule has 0 aliphatic heterocycles. The Hall–Kier alpha value is -3.00. The van der Waals surface area contributed by atoms with Crippen LogP contribution in [0.15, 0.2) is 84.9 Å². The highest BCUT2D eigenvalue weighted by Gasteiger charge is 2.13. The number of hydrogen-bond acceptors (Lipinski definition) is 2. The lowest BCUT2D eigenvalue weighted by Crippen LogP contribution is -2.23. The van der Waals surface area contributed by atoms with Gasteiger partial charge >= 0.3 is 0 Å². The van der Waals surface area contributed by atoms with Crippen molar-refractivity contribution in [2.45, 2.75) is 19.6 Å². The van der Waals surface area contributed by atoms with Gasteiger partial charge < -0.3 is 9.47 Å². The molecule has 2 nitrogen and oxygen atoms in total. The second-order valence-corrected chi connectivity index (χ2v) is 6.03. The number of ether oxygens (including phenoxy) is 2. The zero-order valence-electron chi connectivity index (χ0n) is 14.2. The highest BCUT2D eigenvalue weighted by Crippen LogP contribution is 2.29. The molecule has 0 saturated carbocycles. The van der Waals surface area contributed by atoms with Crippen LogP contribution < -0.4 is 9.47 Å². The Labute approximate surface area is 147 Å². The van der Waals surface area contributed by atoms with Gasteiger partial charge in [-0.05, 0) is 22.9 Å². The second kappa shape index (κ2) is 6.86. The van der Waals surface area contributed by atoms with Gasteiger partial charge in [0.1, 0.15) is 11.5 Å². The summed E-state index contributed by atoms with van der Waals surface area (Å²) in [6.45, 7) is 2.07. The van der Waals surface area contributed by atoms with Crippen LogP contribution in [0.3, 0.4) is 0 Å². The SMILES string of the molecule is CCC(Oc1cccc2ccccc12)Oc1cccc2ccccc12. The molecule has 4 aromatic carbocycles. The van der Waals surface area contributed by atoms with Crippen molar-refractivity contribution < 1.29 is 9.47 Å². The lowest BCUT2D eigenvalue weighted by Gasteiger charge is -2.21. The molecule has 25 heavy (non-hydrogen) atoms. The fourth-order valence-corrected chi connectivity index (χ4v) is 3.07. The Morgan fingerprint density at radius 1 is 0.600 bits per heavy atom. The van der Waals surface area contributed by atoms with Crippen molar-refractivity contribution in [1.82, 2.24) is 0 Å². The molecule has 124 valence electrons. The number of fused-ring (bicyclic) bond motifs is 2. The summed E-state index contributed by atoms with van der Waals surface area (Å²) in [5, 5.41) is 4.54. The van der Waals surface area contributed by atoms with Crippen LogP contribution in [0.1, 0.15) is 13.3 Å². The fraction of sp³-hybridized carbons (Fsp3) is 0.130. The summed E-state index contributed by atoms with van der Waals surface area (Å²) in [4.78, 5) is 0. The zero-order valence-corrected chi connectivity index (χ0v) is 14.2. The van der Waals surface area contributed by atoms with Gasteiger partial charge in [-0.2, -0.15) is 0 Å². The maximum absolute atomic E-state index is 6.21. The molecular formula is C23H20O2.